The van der Waals surface area contributed by atoms with Crippen molar-refractivity contribution in [1.29, 1.82) is 0 Å². The molecule has 0 radical (unpaired) electrons. The number of nitrogens with zero attached hydrogens (tertiary/aromatic N) is 1. The molecule has 1 aliphatic heterocycles. The van der Waals surface area contributed by atoms with Crippen molar-refractivity contribution in [1.82, 2.24) is 0 Å². The molecule has 0 saturated heterocycles. The molecule has 2 amide bonds. The molecule has 0 spiro atoms. The van der Waals surface area contributed by atoms with Gasteiger partial charge in [0.15, 0.2) is 0 Å². The molecule has 0 fully saturated rings. The maximum absolute atomic E-state index is 13.3. The van der Waals surface area contributed by atoms with Gasteiger partial charge in [-0.15, -0.1) is 0 Å². The topological polar surface area (TPSA) is 49.4 Å². The van der Waals surface area contributed by atoms with Crippen LogP contribution in [0.3, 0.4) is 0 Å². The third-order valence-corrected chi connectivity index (χ3v) is 6.15. The molecule has 0 unspecified atom stereocenters. The predicted octanol–water partition coefficient (Wildman–Crippen LogP) is 6.29. The third kappa shape index (κ3) is 4.10. The molecule has 4 nitrogen and oxygen atoms in total. The van der Waals surface area contributed by atoms with Gasteiger partial charge in [-0.25, -0.2) is 4.90 Å². The third-order valence-electron chi connectivity index (χ3n) is 4.49. The average Bonchev–Trinajstić information content (AvgIpc) is 2.96. The number of rotatable bonds is 5. The Hall–Kier alpha value is -2.73. The molecule has 1 aliphatic rings. The lowest BCUT2D eigenvalue weighted by Gasteiger charge is -2.16. The Bertz CT molecular complexity index is 1090. The number of para-hydroxylation sites is 1. The molecule has 0 aliphatic carbocycles. The van der Waals surface area contributed by atoms with Gasteiger partial charge < -0.3 is 5.32 Å². The lowest BCUT2D eigenvalue weighted by atomic mass is 10.2. The standard InChI is InChI=1S/C23H16Cl2N2O2S/c1-14-6-10-16(11-7-14)26-20-21(30-17-12-8-15(24)9-13-17)23(29)27(22(20)28)19-5-3-2-4-18(19)25/h2-13,26H,1H3. The van der Waals surface area contributed by atoms with Gasteiger partial charge >= 0.3 is 0 Å². The van der Waals surface area contributed by atoms with Crippen molar-refractivity contribution in [2.75, 3.05) is 10.2 Å². The maximum Gasteiger partial charge on any atom is 0.283 e. The number of imide groups is 1. The summed E-state index contributed by atoms with van der Waals surface area (Å²) >= 11 is 13.5. The Morgan fingerprint density at radius 1 is 0.833 bits per heavy atom. The molecule has 0 atom stereocenters. The molecule has 150 valence electrons. The second kappa shape index (κ2) is 8.56. The number of anilines is 2. The number of thioether (sulfide) groups is 1. The molecule has 3 aromatic carbocycles. The second-order valence-electron chi connectivity index (χ2n) is 6.65. The van der Waals surface area contributed by atoms with E-state index in [1.807, 2.05) is 31.2 Å². The summed E-state index contributed by atoms with van der Waals surface area (Å²) in [5, 5.41) is 4.05. The Labute approximate surface area is 188 Å². The summed E-state index contributed by atoms with van der Waals surface area (Å²) in [7, 11) is 0. The molecule has 0 aromatic heterocycles. The SMILES string of the molecule is Cc1ccc(NC2=C(Sc3ccc(Cl)cc3)C(=O)N(c3ccccc3Cl)C2=O)cc1. The van der Waals surface area contributed by atoms with E-state index >= 15 is 0 Å². The van der Waals surface area contributed by atoms with Crippen LogP contribution in [0.2, 0.25) is 10.0 Å². The number of carbonyl (C=O) groups excluding carboxylic acids is 2. The monoisotopic (exact) mass is 454 g/mol. The van der Waals surface area contributed by atoms with Crippen LogP contribution in [0.5, 0.6) is 0 Å². The fraction of sp³-hybridized carbons (Fsp3) is 0.0435. The second-order valence-corrected chi connectivity index (χ2v) is 8.58. The van der Waals surface area contributed by atoms with Gasteiger partial charge in [0.25, 0.3) is 11.8 Å². The number of benzene rings is 3. The van der Waals surface area contributed by atoms with E-state index in [-0.39, 0.29) is 5.70 Å². The van der Waals surface area contributed by atoms with E-state index in [1.165, 1.54) is 11.8 Å². The number of carbonyl (C=O) groups is 2. The number of hydrogen-bond acceptors (Lipinski definition) is 4. The molecule has 3 aromatic rings. The summed E-state index contributed by atoms with van der Waals surface area (Å²) in [6.45, 7) is 1.98. The van der Waals surface area contributed by atoms with Gasteiger partial charge in [0.1, 0.15) is 10.6 Å². The molecule has 4 rings (SSSR count). The van der Waals surface area contributed by atoms with E-state index < -0.39 is 11.8 Å². The van der Waals surface area contributed by atoms with Crippen LogP contribution in [-0.2, 0) is 9.59 Å². The lowest BCUT2D eigenvalue weighted by molar-refractivity contribution is -0.120. The van der Waals surface area contributed by atoms with Crippen LogP contribution in [0.4, 0.5) is 11.4 Å². The van der Waals surface area contributed by atoms with E-state index in [4.69, 9.17) is 23.2 Å². The normalized spacial score (nSPS) is 13.9. The highest BCUT2D eigenvalue weighted by Crippen LogP contribution is 2.39. The highest BCUT2D eigenvalue weighted by molar-refractivity contribution is 8.04. The lowest BCUT2D eigenvalue weighted by Crippen LogP contribution is -2.32. The van der Waals surface area contributed by atoms with Crippen molar-refractivity contribution < 1.29 is 9.59 Å². The van der Waals surface area contributed by atoms with E-state index in [2.05, 4.69) is 5.32 Å². The zero-order valence-corrected chi connectivity index (χ0v) is 18.2. The summed E-state index contributed by atoms with van der Waals surface area (Å²) in [4.78, 5) is 28.8. The highest BCUT2D eigenvalue weighted by atomic mass is 35.5. The first kappa shape index (κ1) is 20.5. The van der Waals surface area contributed by atoms with Crippen molar-refractivity contribution in [2.24, 2.45) is 0 Å². The highest BCUT2D eigenvalue weighted by Gasteiger charge is 2.41. The number of amides is 2. The summed E-state index contributed by atoms with van der Waals surface area (Å²) in [6, 6.07) is 21.5. The minimum Gasteiger partial charge on any atom is -0.350 e. The first-order valence-corrected chi connectivity index (χ1v) is 10.7. The summed E-state index contributed by atoms with van der Waals surface area (Å²) in [5.41, 5.74) is 2.37. The first-order valence-electron chi connectivity index (χ1n) is 9.09. The molecule has 1 heterocycles. The van der Waals surface area contributed by atoms with Crippen LogP contribution >= 0.6 is 35.0 Å². The van der Waals surface area contributed by atoms with Gasteiger partial charge in [-0.1, -0.05) is 64.8 Å². The van der Waals surface area contributed by atoms with Crippen molar-refractivity contribution in [2.45, 2.75) is 11.8 Å². The van der Waals surface area contributed by atoms with Gasteiger partial charge in [0, 0.05) is 15.6 Å². The quantitative estimate of drug-likeness (QED) is 0.460. The summed E-state index contributed by atoms with van der Waals surface area (Å²) in [5.74, 6) is -0.882. The minimum atomic E-state index is -0.454. The van der Waals surface area contributed by atoms with Gasteiger partial charge in [-0.2, -0.15) is 0 Å². The van der Waals surface area contributed by atoms with Crippen LogP contribution in [0, 0.1) is 6.92 Å². The summed E-state index contributed by atoms with van der Waals surface area (Å²) in [6.07, 6.45) is 0. The zero-order chi connectivity index (χ0) is 21.3. The fourth-order valence-corrected chi connectivity index (χ4v) is 4.24. The molecule has 1 N–H and O–H groups in total. The fourth-order valence-electron chi connectivity index (χ4n) is 2.97. The predicted molar refractivity (Wildman–Crippen MR) is 123 cm³/mol. The molecule has 0 bridgehead atoms. The van der Waals surface area contributed by atoms with Crippen LogP contribution in [0.1, 0.15) is 5.56 Å². The number of nitrogens with one attached hydrogen (secondary N) is 1. The van der Waals surface area contributed by atoms with Crippen LogP contribution < -0.4 is 10.2 Å². The summed E-state index contributed by atoms with van der Waals surface area (Å²) < 4.78 is 0. The largest absolute Gasteiger partial charge is 0.350 e. The smallest absolute Gasteiger partial charge is 0.283 e. The van der Waals surface area contributed by atoms with Gasteiger partial charge in [0.2, 0.25) is 0 Å². The van der Waals surface area contributed by atoms with Crippen LogP contribution in [0.15, 0.2) is 88.3 Å². The Morgan fingerprint density at radius 3 is 2.17 bits per heavy atom. The average molecular weight is 455 g/mol. The molecule has 0 saturated carbocycles. The number of hydrogen-bond donors (Lipinski definition) is 1. The van der Waals surface area contributed by atoms with E-state index in [1.54, 1.807) is 48.5 Å². The van der Waals surface area contributed by atoms with Crippen molar-refractivity contribution in [3.05, 3.63) is 99.0 Å². The Morgan fingerprint density at radius 2 is 1.50 bits per heavy atom. The van der Waals surface area contributed by atoms with Crippen molar-refractivity contribution in [3.63, 3.8) is 0 Å². The number of aryl methyl sites for hydroxylation is 1. The van der Waals surface area contributed by atoms with Crippen LogP contribution in [-0.4, -0.2) is 11.8 Å². The van der Waals surface area contributed by atoms with Crippen molar-refractivity contribution >= 4 is 58.2 Å². The minimum absolute atomic E-state index is 0.212. The van der Waals surface area contributed by atoms with E-state index in [9.17, 15) is 9.59 Å². The van der Waals surface area contributed by atoms with Crippen LogP contribution in [0.25, 0.3) is 0 Å². The zero-order valence-electron chi connectivity index (χ0n) is 15.9. The van der Waals surface area contributed by atoms with Crippen molar-refractivity contribution in [3.8, 4) is 0 Å². The molecule has 30 heavy (non-hydrogen) atoms. The number of halogens is 2. The van der Waals surface area contributed by atoms with E-state index in [0.717, 1.165) is 15.4 Å². The first-order chi connectivity index (χ1) is 14.4. The van der Waals surface area contributed by atoms with Gasteiger partial charge in [-0.05, 0) is 55.5 Å². The molecule has 7 heteroatoms. The molecular formula is C23H16Cl2N2O2S. The van der Waals surface area contributed by atoms with Gasteiger partial charge in [0.05, 0.1) is 10.7 Å². The molecular weight excluding hydrogens is 439 g/mol. The Kier molecular flexibility index (Phi) is 5.86. The van der Waals surface area contributed by atoms with Gasteiger partial charge in [-0.3, -0.25) is 9.59 Å². The maximum atomic E-state index is 13.3. The Balaban J connectivity index is 1.75. The van der Waals surface area contributed by atoms with E-state index in [0.29, 0.717) is 26.3 Å².